The molecule has 0 amide bonds. The highest BCUT2D eigenvalue weighted by molar-refractivity contribution is 5.39. The van der Waals surface area contributed by atoms with Crippen molar-refractivity contribution in [2.75, 3.05) is 13.7 Å². The van der Waals surface area contributed by atoms with E-state index in [1.807, 2.05) is 7.11 Å². The zero-order chi connectivity index (χ0) is 14.7. The molecule has 1 N–H and O–H groups in total. The van der Waals surface area contributed by atoms with Gasteiger partial charge in [-0.25, -0.2) is 0 Å². The molecule has 1 heterocycles. The Morgan fingerprint density at radius 3 is 3.00 bits per heavy atom. The average Bonchev–Trinajstić information content (AvgIpc) is 2.53. The van der Waals surface area contributed by atoms with Gasteiger partial charge in [0.05, 0.1) is 6.10 Å². The standard InChI is InChI=1S/C18H27NO2/c1-3-12-19-15-13-18(11-7-6-10-17(18)20-2)21-16-9-5-4-8-14(15)16/h4-5,8-9,15,17,19H,3,6-7,10-13H2,1-2H3. The summed E-state index contributed by atoms with van der Waals surface area (Å²) in [5, 5.41) is 3.71. The van der Waals surface area contributed by atoms with Gasteiger partial charge in [0, 0.05) is 25.1 Å². The van der Waals surface area contributed by atoms with E-state index in [1.54, 1.807) is 0 Å². The molecule has 3 rings (SSSR count). The summed E-state index contributed by atoms with van der Waals surface area (Å²) >= 11 is 0. The predicted octanol–water partition coefficient (Wildman–Crippen LogP) is 3.84. The Morgan fingerprint density at radius 2 is 2.19 bits per heavy atom. The van der Waals surface area contributed by atoms with Crippen molar-refractivity contribution in [2.45, 2.75) is 63.2 Å². The van der Waals surface area contributed by atoms with Crippen molar-refractivity contribution in [2.24, 2.45) is 0 Å². The number of ether oxygens (including phenoxy) is 2. The van der Waals surface area contributed by atoms with Gasteiger partial charge in [-0.1, -0.05) is 31.5 Å². The van der Waals surface area contributed by atoms with Crippen LogP contribution in [0.25, 0.3) is 0 Å². The molecule has 3 heteroatoms. The molecule has 116 valence electrons. The van der Waals surface area contributed by atoms with Crippen molar-refractivity contribution in [3.05, 3.63) is 29.8 Å². The predicted molar refractivity (Wildman–Crippen MR) is 84.7 cm³/mol. The molecule has 1 aliphatic carbocycles. The largest absolute Gasteiger partial charge is 0.484 e. The van der Waals surface area contributed by atoms with Crippen LogP contribution in [-0.4, -0.2) is 25.4 Å². The summed E-state index contributed by atoms with van der Waals surface area (Å²) in [6.07, 6.45) is 7.08. The van der Waals surface area contributed by atoms with Crippen molar-refractivity contribution in [3.63, 3.8) is 0 Å². The topological polar surface area (TPSA) is 30.5 Å². The van der Waals surface area contributed by atoms with E-state index in [-0.39, 0.29) is 11.7 Å². The molecule has 0 radical (unpaired) electrons. The maximum absolute atomic E-state index is 6.51. The Balaban J connectivity index is 1.91. The molecular formula is C18H27NO2. The highest BCUT2D eigenvalue weighted by Gasteiger charge is 2.48. The molecule has 2 aliphatic rings. The molecule has 1 saturated carbocycles. The van der Waals surface area contributed by atoms with Crippen LogP contribution < -0.4 is 10.1 Å². The molecule has 0 aromatic heterocycles. The Bertz CT molecular complexity index is 476. The number of benzene rings is 1. The second-order valence-electron chi connectivity index (χ2n) is 6.39. The lowest BCUT2D eigenvalue weighted by Crippen LogP contribution is -2.54. The lowest BCUT2D eigenvalue weighted by atomic mass is 9.75. The maximum Gasteiger partial charge on any atom is 0.137 e. The molecule has 1 fully saturated rings. The van der Waals surface area contributed by atoms with Crippen molar-refractivity contribution in [3.8, 4) is 5.75 Å². The molecule has 1 aliphatic heterocycles. The van der Waals surface area contributed by atoms with Crippen LogP contribution in [0.4, 0.5) is 0 Å². The third kappa shape index (κ3) is 2.82. The third-order valence-electron chi connectivity index (χ3n) is 4.99. The minimum Gasteiger partial charge on any atom is -0.484 e. The number of methoxy groups -OCH3 is 1. The molecule has 0 bridgehead atoms. The number of fused-ring (bicyclic) bond motifs is 1. The highest BCUT2D eigenvalue weighted by Crippen LogP contribution is 2.46. The van der Waals surface area contributed by atoms with Crippen LogP contribution in [0.5, 0.6) is 5.75 Å². The molecule has 0 saturated heterocycles. The van der Waals surface area contributed by atoms with Gasteiger partial charge in [-0.3, -0.25) is 0 Å². The van der Waals surface area contributed by atoms with Gasteiger partial charge in [-0.05, 0) is 38.3 Å². The van der Waals surface area contributed by atoms with Gasteiger partial charge in [0.1, 0.15) is 11.4 Å². The van der Waals surface area contributed by atoms with Gasteiger partial charge in [-0.2, -0.15) is 0 Å². The summed E-state index contributed by atoms with van der Waals surface area (Å²) < 4.78 is 12.3. The lowest BCUT2D eigenvalue weighted by Gasteiger charge is -2.48. The second-order valence-corrected chi connectivity index (χ2v) is 6.39. The number of hydrogen-bond acceptors (Lipinski definition) is 3. The monoisotopic (exact) mass is 289 g/mol. The van der Waals surface area contributed by atoms with Crippen molar-refractivity contribution in [1.29, 1.82) is 0 Å². The quantitative estimate of drug-likeness (QED) is 0.913. The Labute approximate surface area is 128 Å². The van der Waals surface area contributed by atoms with Gasteiger partial charge < -0.3 is 14.8 Å². The van der Waals surface area contributed by atoms with E-state index < -0.39 is 0 Å². The Morgan fingerprint density at radius 1 is 1.33 bits per heavy atom. The van der Waals surface area contributed by atoms with Gasteiger partial charge in [-0.15, -0.1) is 0 Å². The second kappa shape index (κ2) is 6.37. The van der Waals surface area contributed by atoms with Crippen LogP contribution in [0.2, 0.25) is 0 Å². The average molecular weight is 289 g/mol. The minimum absolute atomic E-state index is 0.146. The van der Waals surface area contributed by atoms with Gasteiger partial charge in [0.25, 0.3) is 0 Å². The first kappa shape index (κ1) is 14.9. The summed E-state index contributed by atoms with van der Waals surface area (Å²) in [5.41, 5.74) is 1.16. The zero-order valence-electron chi connectivity index (χ0n) is 13.2. The number of nitrogens with one attached hydrogen (secondary N) is 1. The third-order valence-corrected chi connectivity index (χ3v) is 4.99. The van der Waals surface area contributed by atoms with Crippen LogP contribution >= 0.6 is 0 Å². The minimum atomic E-state index is -0.146. The van der Waals surface area contributed by atoms with Crippen molar-refractivity contribution < 1.29 is 9.47 Å². The Kier molecular flexibility index (Phi) is 4.51. The first-order valence-corrected chi connectivity index (χ1v) is 8.33. The van der Waals surface area contributed by atoms with Crippen molar-refractivity contribution >= 4 is 0 Å². The van der Waals surface area contributed by atoms with Crippen LogP contribution in [-0.2, 0) is 4.74 Å². The SMILES string of the molecule is CCCNC1CC2(CCCCC2OC)Oc2ccccc21. The fraction of sp³-hybridized carbons (Fsp3) is 0.667. The number of para-hydroxylation sites is 1. The van der Waals surface area contributed by atoms with Gasteiger partial charge >= 0.3 is 0 Å². The Hall–Kier alpha value is -1.06. The van der Waals surface area contributed by atoms with E-state index >= 15 is 0 Å². The normalized spacial score (nSPS) is 31.7. The molecule has 3 nitrogen and oxygen atoms in total. The van der Waals surface area contributed by atoms with E-state index in [0.29, 0.717) is 6.04 Å². The maximum atomic E-state index is 6.51. The summed E-state index contributed by atoms with van der Waals surface area (Å²) in [7, 11) is 1.83. The fourth-order valence-corrected chi connectivity index (χ4v) is 3.94. The summed E-state index contributed by atoms with van der Waals surface area (Å²) in [6, 6.07) is 8.86. The molecule has 21 heavy (non-hydrogen) atoms. The van der Waals surface area contributed by atoms with Crippen LogP contribution in [0.3, 0.4) is 0 Å². The zero-order valence-corrected chi connectivity index (χ0v) is 13.2. The van der Waals surface area contributed by atoms with E-state index in [2.05, 4.69) is 36.5 Å². The van der Waals surface area contributed by atoms with Crippen LogP contribution in [0.15, 0.2) is 24.3 Å². The van der Waals surface area contributed by atoms with Crippen LogP contribution in [0, 0.1) is 0 Å². The highest BCUT2D eigenvalue weighted by atomic mass is 16.5. The first-order chi connectivity index (χ1) is 10.3. The van der Waals surface area contributed by atoms with Crippen LogP contribution in [0.1, 0.15) is 57.1 Å². The molecule has 1 aromatic rings. The molecule has 3 unspecified atom stereocenters. The van der Waals surface area contributed by atoms with E-state index in [0.717, 1.165) is 38.0 Å². The summed E-state index contributed by atoms with van der Waals surface area (Å²) in [5.74, 6) is 1.04. The smallest absolute Gasteiger partial charge is 0.137 e. The van der Waals surface area contributed by atoms with Gasteiger partial charge in [0.15, 0.2) is 0 Å². The fourth-order valence-electron chi connectivity index (χ4n) is 3.94. The molecule has 1 aromatic carbocycles. The molecular weight excluding hydrogens is 262 g/mol. The van der Waals surface area contributed by atoms with Gasteiger partial charge in [0.2, 0.25) is 0 Å². The first-order valence-electron chi connectivity index (χ1n) is 8.33. The molecule has 3 atom stereocenters. The van der Waals surface area contributed by atoms with E-state index in [4.69, 9.17) is 9.47 Å². The van der Waals surface area contributed by atoms with E-state index in [1.165, 1.54) is 18.4 Å². The summed E-state index contributed by atoms with van der Waals surface area (Å²) in [6.45, 7) is 3.26. The summed E-state index contributed by atoms with van der Waals surface area (Å²) in [4.78, 5) is 0. The van der Waals surface area contributed by atoms with Crippen molar-refractivity contribution in [1.82, 2.24) is 5.32 Å². The number of rotatable bonds is 4. The lowest BCUT2D eigenvalue weighted by molar-refractivity contribution is -0.116. The molecule has 1 spiro atoms. The van der Waals surface area contributed by atoms with E-state index in [9.17, 15) is 0 Å². The number of hydrogen-bond donors (Lipinski definition) is 1.